The molecule has 30 heavy (non-hydrogen) atoms. The number of hydrogen-bond donors (Lipinski definition) is 2. The smallest absolute Gasteiger partial charge is 0.386 e. The summed E-state index contributed by atoms with van der Waals surface area (Å²) in [7, 11) is 0. The molecule has 0 aromatic heterocycles. The van der Waals surface area contributed by atoms with Gasteiger partial charge in [0.2, 0.25) is 0 Å². The summed E-state index contributed by atoms with van der Waals surface area (Å²) < 4.78 is 38.1. The van der Waals surface area contributed by atoms with Gasteiger partial charge in [-0.2, -0.15) is 13.2 Å². The van der Waals surface area contributed by atoms with Crippen LogP contribution in [0.3, 0.4) is 0 Å². The Labute approximate surface area is 198 Å². The van der Waals surface area contributed by atoms with Crippen LogP contribution in [0.25, 0.3) is 0 Å². The topological polar surface area (TPSA) is 51.1 Å². The van der Waals surface area contributed by atoms with Crippen molar-refractivity contribution >= 4 is 41.5 Å². The molecule has 172 valence electrons. The zero-order valence-electron chi connectivity index (χ0n) is 17.3. The van der Waals surface area contributed by atoms with E-state index in [4.69, 9.17) is 11.6 Å². The highest BCUT2D eigenvalue weighted by Gasteiger charge is 2.33. The second kappa shape index (κ2) is 12.9. The first-order chi connectivity index (χ1) is 13.7. The Balaban J connectivity index is 0.00000450. The average Bonchev–Trinajstić information content (AvgIpc) is 3.12. The molecule has 2 unspecified atom stereocenters. The Morgan fingerprint density at radius 3 is 2.57 bits per heavy atom. The molecule has 0 radical (unpaired) electrons. The van der Waals surface area contributed by atoms with E-state index in [2.05, 4.69) is 15.2 Å². The lowest BCUT2D eigenvalue weighted by molar-refractivity contribution is -0.146. The maximum atomic E-state index is 12.7. The number of aliphatic hydroxyl groups is 1. The average molecular weight is 563 g/mol. The Morgan fingerprint density at radius 1 is 1.33 bits per heavy atom. The lowest BCUT2D eigenvalue weighted by Crippen LogP contribution is -2.42. The van der Waals surface area contributed by atoms with Gasteiger partial charge in [0.05, 0.1) is 19.2 Å². The summed E-state index contributed by atoms with van der Waals surface area (Å²) in [5, 5.41) is 14.2. The molecular formula is C20H31ClF3IN4O. The van der Waals surface area contributed by atoms with E-state index in [1.54, 1.807) is 31.2 Å². The van der Waals surface area contributed by atoms with Crippen molar-refractivity contribution < 1.29 is 18.3 Å². The number of nitrogens with zero attached hydrogens (tertiary/aromatic N) is 3. The van der Waals surface area contributed by atoms with E-state index in [0.717, 1.165) is 18.5 Å². The Bertz CT molecular complexity index is 660. The molecule has 5 nitrogen and oxygen atoms in total. The quantitative estimate of drug-likeness (QED) is 0.284. The highest BCUT2D eigenvalue weighted by Crippen LogP contribution is 2.22. The van der Waals surface area contributed by atoms with Crippen LogP contribution in [-0.4, -0.2) is 72.9 Å². The monoisotopic (exact) mass is 562 g/mol. The van der Waals surface area contributed by atoms with Gasteiger partial charge in [-0.25, -0.2) is 0 Å². The normalized spacial score (nSPS) is 18.5. The van der Waals surface area contributed by atoms with E-state index in [9.17, 15) is 18.3 Å². The lowest BCUT2D eigenvalue weighted by Gasteiger charge is -2.26. The minimum absolute atomic E-state index is 0. The molecule has 0 bridgehead atoms. The standard InChI is InChI=1S/C20H30ClF3N4O.HI/c1-3-25-19(26-11-18(29)16-5-7-17(21)8-6-16)28-10-9-15(13-28)12-27(4-2)14-20(22,23)24;/h5-8,15,18,29H,3-4,9-14H2,1-2H3,(H,25,26);1H. The molecule has 1 saturated heterocycles. The van der Waals surface area contributed by atoms with E-state index in [1.807, 2.05) is 6.92 Å². The van der Waals surface area contributed by atoms with Gasteiger partial charge < -0.3 is 15.3 Å². The molecule has 0 spiro atoms. The Kier molecular flexibility index (Phi) is 11.7. The first kappa shape index (κ1) is 27.3. The number of nitrogens with one attached hydrogen (secondary N) is 1. The van der Waals surface area contributed by atoms with Crippen LogP contribution < -0.4 is 5.32 Å². The zero-order chi connectivity index (χ0) is 21.4. The first-order valence-corrected chi connectivity index (χ1v) is 10.4. The van der Waals surface area contributed by atoms with Crippen molar-refractivity contribution in [3.05, 3.63) is 34.9 Å². The number of aliphatic hydroxyl groups excluding tert-OH is 1. The number of aliphatic imine (C=N–C) groups is 1. The van der Waals surface area contributed by atoms with Gasteiger partial charge in [-0.05, 0) is 43.5 Å². The van der Waals surface area contributed by atoms with Gasteiger partial charge in [0.25, 0.3) is 0 Å². The lowest BCUT2D eigenvalue weighted by atomic mass is 10.1. The minimum atomic E-state index is -4.18. The summed E-state index contributed by atoms with van der Waals surface area (Å²) in [4.78, 5) is 8.05. The summed E-state index contributed by atoms with van der Waals surface area (Å²) in [5.41, 5.74) is 0.735. The van der Waals surface area contributed by atoms with E-state index in [0.29, 0.717) is 37.2 Å². The van der Waals surface area contributed by atoms with Crippen molar-refractivity contribution in [1.29, 1.82) is 0 Å². The summed E-state index contributed by atoms with van der Waals surface area (Å²) in [6, 6.07) is 6.98. The molecule has 1 aromatic carbocycles. The molecule has 0 amide bonds. The van der Waals surface area contributed by atoms with Gasteiger partial charge in [-0.3, -0.25) is 9.89 Å². The SMILES string of the molecule is CCNC(=NCC(O)c1ccc(Cl)cc1)N1CCC(CN(CC)CC(F)(F)F)C1.I. The second-order valence-electron chi connectivity index (χ2n) is 7.31. The number of guanidine groups is 1. The number of benzene rings is 1. The van der Waals surface area contributed by atoms with Crippen LogP contribution in [0, 0.1) is 5.92 Å². The Hall–Kier alpha value is -0.780. The second-order valence-corrected chi connectivity index (χ2v) is 7.74. The van der Waals surface area contributed by atoms with Crippen molar-refractivity contribution in [3.63, 3.8) is 0 Å². The predicted molar refractivity (Wildman–Crippen MR) is 126 cm³/mol. The van der Waals surface area contributed by atoms with Crippen molar-refractivity contribution in [3.8, 4) is 0 Å². The third-order valence-electron chi connectivity index (χ3n) is 4.96. The molecular weight excluding hydrogens is 532 g/mol. The molecule has 10 heteroatoms. The largest absolute Gasteiger partial charge is 0.401 e. The highest BCUT2D eigenvalue weighted by atomic mass is 127. The molecule has 0 saturated carbocycles. The van der Waals surface area contributed by atoms with Crippen LogP contribution >= 0.6 is 35.6 Å². The molecule has 2 rings (SSSR count). The third-order valence-corrected chi connectivity index (χ3v) is 5.21. The third kappa shape index (κ3) is 9.15. The van der Waals surface area contributed by atoms with Crippen molar-refractivity contribution in [2.75, 3.05) is 45.8 Å². The molecule has 1 aliphatic heterocycles. The minimum Gasteiger partial charge on any atom is -0.386 e. The van der Waals surface area contributed by atoms with Crippen LogP contribution in [-0.2, 0) is 0 Å². The molecule has 1 heterocycles. The van der Waals surface area contributed by atoms with Crippen LogP contribution in [0.15, 0.2) is 29.3 Å². The Morgan fingerprint density at radius 2 is 2.00 bits per heavy atom. The van der Waals surface area contributed by atoms with Gasteiger partial charge in [0, 0.05) is 31.2 Å². The summed E-state index contributed by atoms with van der Waals surface area (Å²) in [6.07, 6.45) is -4.11. The van der Waals surface area contributed by atoms with Gasteiger partial charge >= 0.3 is 6.18 Å². The first-order valence-electron chi connectivity index (χ1n) is 9.97. The summed E-state index contributed by atoms with van der Waals surface area (Å²) in [5.74, 6) is 0.837. The van der Waals surface area contributed by atoms with Crippen LogP contribution in [0.2, 0.25) is 5.02 Å². The molecule has 0 aliphatic carbocycles. The van der Waals surface area contributed by atoms with Gasteiger partial charge in [-0.15, -0.1) is 24.0 Å². The number of alkyl halides is 3. The summed E-state index contributed by atoms with van der Waals surface area (Å²) >= 11 is 5.87. The highest BCUT2D eigenvalue weighted by molar-refractivity contribution is 14.0. The van der Waals surface area contributed by atoms with E-state index < -0.39 is 18.8 Å². The van der Waals surface area contributed by atoms with Gasteiger partial charge in [0.1, 0.15) is 0 Å². The van der Waals surface area contributed by atoms with E-state index in [1.165, 1.54) is 4.90 Å². The van der Waals surface area contributed by atoms with Crippen LogP contribution in [0.4, 0.5) is 13.2 Å². The van der Waals surface area contributed by atoms with E-state index in [-0.39, 0.29) is 36.4 Å². The molecule has 1 fully saturated rings. The van der Waals surface area contributed by atoms with Gasteiger partial charge in [-0.1, -0.05) is 30.7 Å². The maximum Gasteiger partial charge on any atom is 0.401 e. The predicted octanol–water partition coefficient (Wildman–Crippen LogP) is 4.16. The molecule has 1 aliphatic rings. The van der Waals surface area contributed by atoms with Crippen molar-refractivity contribution in [2.24, 2.45) is 10.9 Å². The van der Waals surface area contributed by atoms with Crippen LogP contribution in [0.1, 0.15) is 31.9 Å². The fourth-order valence-electron chi connectivity index (χ4n) is 3.49. The fourth-order valence-corrected chi connectivity index (χ4v) is 3.61. The molecule has 2 atom stereocenters. The summed E-state index contributed by atoms with van der Waals surface area (Å²) in [6.45, 7) is 5.88. The van der Waals surface area contributed by atoms with E-state index >= 15 is 0 Å². The zero-order valence-corrected chi connectivity index (χ0v) is 20.4. The number of halogens is 5. The molecule has 2 N–H and O–H groups in total. The van der Waals surface area contributed by atoms with Gasteiger partial charge in [0.15, 0.2) is 5.96 Å². The molecule has 1 aromatic rings. The number of likely N-dealkylation sites (tertiary alicyclic amines) is 1. The maximum absolute atomic E-state index is 12.7. The van der Waals surface area contributed by atoms with Crippen molar-refractivity contribution in [1.82, 2.24) is 15.1 Å². The van der Waals surface area contributed by atoms with Crippen molar-refractivity contribution in [2.45, 2.75) is 32.5 Å². The number of hydrogen-bond acceptors (Lipinski definition) is 3. The fraction of sp³-hybridized carbons (Fsp3) is 0.650. The number of rotatable bonds is 8. The van der Waals surface area contributed by atoms with Crippen LogP contribution in [0.5, 0.6) is 0 Å².